The Balaban J connectivity index is 0. The molecule has 0 saturated carbocycles. The van der Waals surface area contributed by atoms with E-state index in [0.29, 0.717) is 5.41 Å². The van der Waals surface area contributed by atoms with Crippen LogP contribution in [0.25, 0.3) is 10.6 Å². The van der Waals surface area contributed by atoms with Gasteiger partial charge in [0, 0.05) is 0 Å². The summed E-state index contributed by atoms with van der Waals surface area (Å²) in [4.78, 5) is 0. The zero-order valence-corrected chi connectivity index (χ0v) is 12.6. The van der Waals surface area contributed by atoms with Crippen LogP contribution in [0.1, 0.15) is 26.7 Å². The third kappa shape index (κ3) is 8.52. The molecule has 0 spiro atoms. The molecule has 14 heavy (non-hydrogen) atoms. The molecular formula is C9H20Cl2N2Ti-2. The summed E-state index contributed by atoms with van der Waals surface area (Å²) in [5.74, 6) is 0. The zero-order chi connectivity index (χ0) is 11.4. The van der Waals surface area contributed by atoms with E-state index >= 15 is 0 Å². The van der Waals surface area contributed by atoms with Crippen molar-refractivity contribution in [2.24, 2.45) is 5.41 Å². The first-order valence-corrected chi connectivity index (χ1v) is 9.03. The van der Waals surface area contributed by atoms with Crippen LogP contribution in [0.5, 0.6) is 0 Å². The summed E-state index contributed by atoms with van der Waals surface area (Å²) in [6.45, 7) is 6.36. The van der Waals surface area contributed by atoms with Crippen molar-refractivity contribution in [3.8, 4) is 0 Å². The summed E-state index contributed by atoms with van der Waals surface area (Å²) in [5.41, 5.74) is 0.351. The first kappa shape index (κ1) is 17.6. The molecule has 0 aliphatic carbocycles. The van der Waals surface area contributed by atoms with Crippen LogP contribution in [-0.2, 0) is 17.0 Å². The Morgan fingerprint density at radius 3 is 1.43 bits per heavy atom. The molecule has 0 unspecified atom stereocenters. The van der Waals surface area contributed by atoms with Gasteiger partial charge in [-0.2, -0.15) is 14.1 Å². The second-order valence-electron chi connectivity index (χ2n) is 3.23. The molecule has 2 nitrogen and oxygen atoms in total. The molecule has 0 saturated heterocycles. The zero-order valence-electron chi connectivity index (χ0n) is 9.48. The normalized spacial score (nSPS) is 10.4. The van der Waals surface area contributed by atoms with Gasteiger partial charge in [-0.05, 0) is 0 Å². The topological polar surface area (TPSA) is 28.2 Å². The predicted octanol–water partition coefficient (Wildman–Crippen LogP) is 4.18. The maximum atomic E-state index is 4.89. The van der Waals surface area contributed by atoms with Crippen molar-refractivity contribution in [1.29, 1.82) is 0 Å². The summed E-state index contributed by atoms with van der Waals surface area (Å²) >= 11 is -0.556. The molecule has 86 valence electrons. The molecule has 0 amide bonds. The number of hydrogen-bond acceptors (Lipinski definition) is 0. The van der Waals surface area contributed by atoms with Crippen molar-refractivity contribution in [3.05, 3.63) is 10.6 Å². The molecule has 5 heteroatoms. The quantitative estimate of drug-likeness (QED) is 0.651. The molecule has 0 aliphatic rings. The van der Waals surface area contributed by atoms with Gasteiger partial charge >= 0.3 is 35.6 Å². The van der Waals surface area contributed by atoms with Crippen LogP contribution < -0.4 is 0 Å². The number of nitrogens with zero attached hydrogens (tertiary/aromatic N) is 2. The molecule has 0 fully saturated rings. The van der Waals surface area contributed by atoms with Gasteiger partial charge in [-0.1, -0.05) is 32.1 Å². The average Bonchev–Trinajstić information content (AvgIpc) is 2.19. The molecule has 0 N–H and O–H groups in total. The van der Waals surface area contributed by atoms with Gasteiger partial charge < -0.3 is 10.6 Å². The van der Waals surface area contributed by atoms with Gasteiger partial charge in [0.25, 0.3) is 0 Å². The van der Waals surface area contributed by atoms with Gasteiger partial charge in [0.2, 0.25) is 0 Å². The summed E-state index contributed by atoms with van der Waals surface area (Å²) in [5, 5.41) is 8.42. The van der Waals surface area contributed by atoms with Crippen molar-refractivity contribution in [2.45, 2.75) is 26.7 Å². The van der Waals surface area contributed by atoms with E-state index in [4.69, 9.17) is 18.6 Å². The molecule has 0 atom stereocenters. The molecule has 0 aromatic heterocycles. The third-order valence-electron chi connectivity index (χ3n) is 2.49. The van der Waals surface area contributed by atoms with E-state index in [9.17, 15) is 0 Å². The standard InChI is InChI=1S/C9H20N2.2ClH.Ti/c1-5-9(6-2,7-10-3)8-11-4;;;/h5-8H2,1-4H3;2*1H;/q-2;;;+2/p-2. The van der Waals surface area contributed by atoms with Gasteiger partial charge in [-0.25, -0.2) is 0 Å². The van der Waals surface area contributed by atoms with Gasteiger partial charge in [0.05, 0.1) is 0 Å². The van der Waals surface area contributed by atoms with Crippen LogP contribution in [0.2, 0.25) is 0 Å². The van der Waals surface area contributed by atoms with Crippen LogP contribution in [0.15, 0.2) is 0 Å². The van der Waals surface area contributed by atoms with Crippen LogP contribution >= 0.6 is 18.6 Å². The molecule has 0 radical (unpaired) electrons. The number of hydrogen-bond donors (Lipinski definition) is 0. The summed E-state index contributed by atoms with van der Waals surface area (Å²) in [7, 11) is 13.5. The fourth-order valence-electron chi connectivity index (χ4n) is 1.42. The fourth-order valence-corrected chi connectivity index (χ4v) is 1.42. The van der Waals surface area contributed by atoms with Gasteiger partial charge in [-0.3, -0.25) is 0 Å². The Morgan fingerprint density at radius 1 is 1.00 bits per heavy atom. The molecule has 0 aliphatic heterocycles. The molecule has 0 rings (SSSR count). The minimum atomic E-state index is -0.556. The summed E-state index contributed by atoms with van der Waals surface area (Å²) in [6.07, 6.45) is 2.36. The predicted molar refractivity (Wildman–Crippen MR) is 63.0 cm³/mol. The van der Waals surface area contributed by atoms with Gasteiger partial charge in [-0.15, -0.1) is 13.1 Å². The average molecular weight is 275 g/mol. The van der Waals surface area contributed by atoms with Crippen molar-refractivity contribution >= 4 is 18.6 Å². The first-order chi connectivity index (χ1) is 6.66. The third-order valence-corrected chi connectivity index (χ3v) is 2.49. The molecule has 0 aromatic carbocycles. The van der Waals surface area contributed by atoms with E-state index in [1.807, 2.05) is 14.1 Å². The first-order valence-electron chi connectivity index (χ1n) is 4.73. The SMILES string of the molecule is CCC(CC)(C[N-]C)C[N-]C.[Cl][Ti][Cl]. The van der Waals surface area contributed by atoms with Crippen LogP contribution in [-0.4, -0.2) is 27.2 Å². The Labute approximate surface area is 105 Å². The van der Waals surface area contributed by atoms with E-state index in [1.54, 1.807) is 0 Å². The van der Waals surface area contributed by atoms with Crippen LogP contribution in [0.3, 0.4) is 0 Å². The maximum absolute atomic E-state index is 4.89. The van der Waals surface area contributed by atoms with E-state index in [1.165, 1.54) is 12.8 Å². The van der Waals surface area contributed by atoms with Crippen molar-refractivity contribution in [1.82, 2.24) is 0 Å². The molecule has 0 aromatic rings. The van der Waals surface area contributed by atoms with E-state index in [-0.39, 0.29) is 0 Å². The fraction of sp³-hybridized carbons (Fsp3) is 1.00. The van der Waals surface area contributed by atoms with Crippen molar-refractivity contribution in [3.63, 3.8) is 0 Å². The van der Waals surface area contributed by atoms with E-state index in [0.717, 1.165) is 13.1 Å². The number of rotatable bonds is 6. The Bertz CT molecular complexity index is 103. The van der Waals surface area contributed by atoms with Crippen LogP contribution in [0, 0.1) is 5.41 Å². The second-order valence-corrected chi connectivity index (χ2v) is 5.81. The van der Waals surface area contributed by atoms with Crippen molar-refractivity contribution in [2.75, 3.05) is 27.2 Å². The monoisotopic (exact) mass is 274 g/mol. The van der Waals surface area contributed by atoms with Crippen LogP contribution in [0.4, 0.5) is 0 Å². The Kier molecular flexibility index (Phi) is 15.4. The van der Waals surface area contributed by atoms with E-state index < -0.39 is 17.0 Å². The van der Waals surface area contributed by atoms with Crippen molar-refractivity contribution < 1.29 is 17.0 Å². The van der Waals surface area contributed by atoms with E-state index in [2.05, 4.69) is 24.5 Å². The summed E-state index contributed by atoms with van der Waals surface area (Å²) < 4.78 is 0. The molecular weight excluding hydrogens is 255 g/mol. The Morgan fingerprint density at radius 2 is 1.29 bits per heavy atom. The Hall–Kier alpha value is 1.21. The number of halogens is 2. The summed E-state index contributed by atoms with van der Waals surface area (Å²) in [6, 6.07) is 0. The second kappa shape index (κ2) is 12.3. The van der Waals surface area contributed by atoms with Gasteiger partial charge in [0.15, 0.2) is 0 Å². The molecule has 0 heterocycles. The van der Waals surface area contributed by atoms with Gasteiger partial charge in [0.1, 0.15) is 0 Å². The molecule has 0 bridgehead atoms. The minimum absolute atomic E-state index is 0.351.